The zero-order chi connectivity index (χ0) is 24.0. The summed E-state index contributed by atoms with van der Waals surface area (Å²) in [5.41, 5.74) is 0.798. The molecule has 33 heavy (non-hydrogen) atoms. The number of benzene rings is 1. The Kier molecular flexibility index (Phi) is 7.54. The van der Waals surface area contributed by atoms with Crippen LogP contribution in [0.1, 0.15) is 40.4 Å². The topological polar surface area (TPSA) is 113 Å². The summed E-state index contributed by atoms with van der Waals surface area (Å²) in [6.45, 7) is 0.499. The number of methoxy groups -OCH3 is 1. The number of oxazole rings is 1. The lowest BCUT2D eigenvalue weighted by molar-refractivity contribution is -0.0518. The fraction of sp³-hybridized carbons (Fsp3) is 0.273. The van der Waals surface area contributed by atoms with Crippen molar-refractivity contribution in [2.45, 2.75) is 33.1 Å². The normalized spacial score (nSPS) is 10.9. The highest BCUT2D eigenvalue weighted by Gasteiger charge is 2.19. The second-order valence-corrected chi connectivity index (χ2v) is 6.92. The molecule has 2 heterocycles. The standard InChI is InChI=1S/C22H21F2N3O6/c1-12(2)32-17-9-13(6-7-16(17)33-22(23)24)20-27-14(11-31-20)10-26-19(28)15-5-4-8-25-18(15)21(29)30-3/h4-9,11-12,22H,10H2,1-3H3,(H,26,28). The molecule has 11 heteroatoms. The third-order valence-corrected chi connectivity index (χ3v) is 4.18. The van der Waals surface area contributed by atoms with Gasteiger partial charge in [0.1, 0.15) is 6.26 Å². The highest BCUT2D eigenvalue weighted by molar-refractivity contribution is 6.04. The first-order valence-corrected chi connectivity index (χ1v) is 9.80. The van der Waals surface area contributed by atoms with Crippen LogP contribution >= 0.6 is 0 Å². The maximum atomic E-state index is 12.7. The molecular weight excluding hydrogens is 440 g/mol. The summed E-state index contributed by atoms with van der Waals surface area (Å²) in [4.78, 5) is 32.5. The maximum absolute atomic E-state index is 12.7. The van der Waals surface area contributed by atoms with Gasteiger partial charge in [-0.05, 0) is 44.2 Å². The second kappa shape index (κ2) is 10.5. The molecule has 0 fully saturated rings. The lowest BCUT2D eigenvalue weighted by Crippen LogP contribution is -2.25. The number of aromatic nitrogens is 2. The monoisotopic (exact) mass is 461 g/mol. The van der Waals surface area contributed by atoms with Crippen LogP contribution in [-0.4, -0.2) is 41.7 Å². The summed E-state index contributed by atoms with van der Waals surface area (Å²) in [5.74, 6) is -1.09. The Balaban J connectivity index is 1.74. The average molecular weight is 461 g/mol. The van der Waals surface area contributed by atoms with Gasteiger partial charge in [0.15, 0.2) is 17.2 Å². The van der Waals surface area contributed by atoms with E-state index >= 15 is 0 Å². The quantitative estimate of drug-likeness (QED) is 0.478. The molecule has 0 aliphatic carbocycles. The minimum atomic E-state index is -3.00. The first kappa shape index (κ1) is 23.6. The number of alkyl halides is 2. The van der Waals surface area contributed by atoms with Crippen molar-refractivity contribution in [3.8, 4) is 23.0 Å². The Morgan fingerprint density at radius 1 is 1.15 bits per heavy atom. The summed E-state index contributed by atoms with van der Waals surface area (Å²) in [5, 5.41) is 2.63. The highest BCUT2D eigenvalue weighted by atomic mass is 19.3. The minimum Gasteiger partial charge on any atom is -0.487 e. The van der Waals surface area contributed by atoms with Crippen molar-refractivity contribution in [3.05, 3.63) is 59.7 Å². The van der Waals surface area contributed by atoms with Crippen molar-refractivity contribution >= 4 is 11.9 Å². The van der Waals surface area contributed by atoms with Crippen LogP contribution in [0.5, 0.6) is 11.5 Å². The van der Waals surface area contributed by atoms with Crippen LogP contribution in [0.4, 0.5) is 8.78 Å². The van der Waals surface area contributed by atoms with E-state index in [-0.39, 0.29) is 41.3 Å². The number of hydrogen-bond acceptors (Lipinski definition) is 8. The van der Waals surface area contributed by atoms with Crippen molar-refractivity contribution < 1.29 is 37.0 Å². The van der Waals surface area contributed by atoms with Crippen LogP contribution in [0.2, 0.25) is 0 Å². The van der Waals surface area contributed by atoms with E-state index in [0.717, 1.165) is 0 Å². The molecule has 0 atom stereocenters. The van der Waals surface area contributed by atoms with Crippen molar-refractivity contribution in [1.29, 1.82) is 0 Å². The molecule has 0 spiro atoms. The van der Waals surface area contributed by atoms with Crippen LogP contribution in [0.25, 0.3) is 11.5 Å². The van der Waals surface area contributed by atoms with Crippen LogP contribution in [-0.2, 0) is 11.3 Å². The van der Waals surface area contributed by atoms with Crippen LogP contribution in [0.3, 0.4) is 0 Å². The van der Waals surface area contributed by atoms with Crippen molar-refractivity contribution in [2.24, 2.45) is 0 Å². The van der Waals surface area contributed by atoms with Gasteiger partial charge in [0.05, 0.1) is 31.0 Å². The zero-order valence-corrected chi connectivity index (χ0v) is 18.0. The van der Waals surface area contributed by atoms with Gasteiger partial charge >= 0.3 is 12.6 Å². The van der Waals surface area contributed by atoms with E-state index < -0.39 is 18.5 Å². The lowest BCUT2D eigenvalue weighted by atomic mass is 10.2. The van der Waals surface area contributed by atoms with E-state index in [0.29, 0.717) is 11.3 Å². The summed E-state index contributed by atoms with van der Waals surface area (Å²) in [6.07, 6.45) is 2.44. The first-order valence-electron chi connectivity index (χ1n) is 9.80. The van der Waals surface area contributed by atoms with E-state index in [1.165, 1.54) is 49.9 Å². The van der Waals surface area contributed by atoms with Crippen LogP contribution < -0.4 is 14.8 Å². The fourth-order valence-corrected chi connectivity index (χ4v) is 2.82. The summed E-state index contributed by atoms with van der Waals surface area (Å²) >= 11 is 0. The molecule has 2 aromatic heterocycles. The van der Waals surface area contributed by atoms with E-state index in [2.05, 4.69) is 24.8 Å². The van der Waals surface area contributed by atoms with Gasteiger partial charge in [-0.2, -0.15) is 8.78 Å². The number of carbonyl (C=O) groups is 2. The predicted octanol–water partition coefficient (Wildman–Crippen LogP) is 3.84. The lowest BCUT2D eigenvalue weighted by Gasteiger charge is -2.15. The Labute approximate surface area is 187 Å². The molecule has 3 aromatic rings. The molecule has 0 saturated heterocycles. The Morgan fingerprint density at radius 2 is 1.94 bits per heavy atom. The van der Waals surface area contributed by atoms with Gasteiger partial charge in [0, 0.05) is 11.8 Å². The summed E-state index contributed by atoms with van der Waals surface area (Å²) < 4.78 is 45.4. The van der Waals surface area contributed by atoms with Crippen molar-refractivity contribution in [3.63, 3.8) is 0 Å². The van der Waals surface area contributed by atoms with Gasteiger partial charge in [-0.25, -0.2) is 14.8 Å². The number of nitrogens with zero attached hydrogens (tertiary/aromatic N) is 2. The number of hydrogen-bond donors (Lipinski definition) is 1. The fourth-order valence-electron chi connectivity index (χ4n) is 2.82. The van der Waals surface area contributed by atoms with Gasteiger partial charge < -0.3 is 23.9 Å². The molecule has 0 bridgehead atoms. The van der Waals surface area contributed by atoms with E-state index in [9.17, 15) is 18.4 Å². The van der Waals surface area contributed by atoms with Gasteiger partial charge in [-0.1, -0.05) is 0 Å². The number of halogens is 2. The molecule has 0 unspecified atom stereocenters. The molecule has 3 rings (SSSR count). The molecule has 0 aliphatic rings. The minimum absolute atomic E-state index is 0.000230. The first-order chi connectivity index (χ1) is 15.8. The molecule has 0 radical (unpaired) electrons. The number of amides is 1. The number of ether oxygens (including phenoxy) is 3. The number of nitrogens with one attached hydrogen (secondary N) is 1. The molecule has 1 aromatic carbocycles. The number of esters is 1. The maximum Gasteiger partial charge on any atom is 0.387 e. The molecule has 1 amide bonds. The van der Waals surface area contributed by atoms with Gasteiger partial charge in [-0.15, -0.1) is 0 Å². The number of rotatable bonds is 9. The summed E-state index contributed by atoms with van der Waals surface area (Å²) in [7, 11) is 1.19. The molecule has 0 saturated carbocycles. The third-order valence-electron chi connectivity index (χ3n) is 4.18. The highest BCUT2D eigenvalue weighted by Crippen LogP contribution is 2.34. The largest absolute Gasteiger partial charge is 0.487 e. The summed E-state index contributed by atoms with van der Waals surface area (Å²) in [6, 6.07) is 7.28. The van der Waals surface area contributed by atoms with Crippen molar-refractivity contribution in [1.82, 2.24) is 15.3 Å². The molecule has 0 aliphatic heterocycles. The molecular formula is C22H21F2N3O6. The van der Waals surface area contributed by atoms with Crippen LogP contribution in [0.15, 0.2) is 47.2 Å². The third kappa shape index (κ3) is 6.03. The molecule has 9 nitrogen and oxygen atoms in total. The van der Waals surface area contributed by atoms with Crippen molar-refractivity contribution in [2.75, 3.05) is 7.11 Å². The second-order valence-electron chi connectivity index (χ2n) is 6.92. The molecule has 1 N–H and O–H groups in total. The Bertz CT molecular complexity index is 1130. The Morgan fingerprint density at radius 3 is 2.64 bits per heavy atom. The van der Waals surface area contributed by atoms with E-state index in [1.807, 2.05) is 0 Å². The van der Waals surface area contributed by atoms with Crippen LogP contribution in [0, 0.1) is 0 Å². The van der Waals surface area contributed by atoms with E-state index in [1.54, 1.807) is 13.8 Å². The molecule has 174 valence electrons. The average Bonchev–Trinajstić information content (AvgIpc) is 3.26. The predicted molar refractivity (Wildman–Crippen MR) is 111 cm³/mol. The number of pyridine rings is 1. The Hall–Kier alpha value is -4.02. The van der Waals surface area contributed by atoms with Gasteiger partial charge in [0.25, 0.3) is 5.91 Å². The van der Waals surface area contributed by atoms with Gasteiger partial charge in [-0.3, -0.25) is 4.79 Å². The SMILES string of the molecule is COC(=O)c1ncccc1C(=O)NCc1coc(-c2ccc(OC(F)F)c(OC(C)C)c2)n1. The number of carbonyl (C=O) groups excluding carboxylic acids is 2. The van der Waals surface area contributed by atoms with E-state index in [4.69, 9.17) is 9.15 Å². The zero-order valence-electron chi connectivity index (χ0n) is 18.0. The van der Waals surface area contributed by atoms with Gasteiger partial charge in [0.2, 0.25) is 5.89 Å². The smallest absolute Gasteiger partial charge is 0.387 e.